The summed E-state index contributed by atoms with van der Waals surface area (Å²) < 4.78 is 16.0. The van der Waals surface area contributed by atoms with E-state index in [2.05, 4.69) is 15.9 Å². The van der Waals surface area contributed by atoms with Gasteiger partial charge in [0.05, 0.1) is 14.2 Å². The van der Waals surface area contributed by atoms with E-state index in [0.29, 0.717) is 28.1 Å². The molecule has 0 N–H and O–H groups in total. The fourth-order valence-corrected chi connectivity index (χ4v) is 1.66. The van der Waals surface area contributed by atoms with Gasteiger partial charge < -0.3 is 14.2 Å². The Bertz CT molecular complexity index is 365. The van der Waals surface area contributed by atoms with Crippen molar-refractivity contribution in [1.29, 1.82) is 0 Å². The number of esters is 1. The summed E-state index contributed by atoms with van der Waals surface area (Å²) in [6, 6.07) is 3.25. The number of carbonyl (C=O) groups excluding carboxylic acids is 1. The minimum atomic E-state index is -0.300. The van der Waals surface area contributed by atoms with Crippen LogP contribution in [0.1, 0.15) is 13.3 Å². The topological polar surface area (TPSA) is 44.8 Å². The highest BCUT2D eigenvalue weighted by Crippen LogP contribution is 2.38. The largest absolute Gasteiger partial charge is 0.495 e. The predicted molar refractivity (Wildman–Crippen MR) is 63.2 cm³/mol. The van der Waals surface area contributed by atoms with Crippen molar-refractivity contribution in [2.45, 2.75) is 13.3 Å². The standard InChI is InChI=1S/C11H13BrO4/c1-4-10(13)16-7-5-8(14-2)11(12)9(6-7)15-3/h5-6H,4H2,1-3H3. The molecule has 16 heavy (non-hydrogen) atoms. The SMILES string of the molecule is CCC(=O)Oc1cc(OC)c(Br)c(OC)c1. The summed E-state index contributed by atoms with van der Waals surface area (Å²) in [4.78, 5) is 11.1. The summed E-state index contributed by atoms with van der Waals surface area (Å²) in [5.41, 5.74) is 0. The number of carbonyl (C=O) groups is 1. The molecule has 0 aliphatic rings. The zero-order valence-electron chi connectivity index (χ0n) is 9.37. The molecule has 1 aromatic rings. The molecule has 88 valence electrons. The monoisotopic (exact) mass is 288 g/mol. The van der Waals surface area contributed by atoms with Crippen LogP contribution in [0.4, 0.5) is 0 Å². The molecule has 0 amide bonds. The molecule has 0 aliphatic heterocycles. The zero-order valence-corrected chi connectivity index (χ0v) is 11.0. The molecule has 0 fully saturated rings. The summed E-state index contributed by atoms with van der Waals surface area (Å²) in [7, 11) is 3.07. The first-order valence-corrected chi connectivity index (χ1v) is 5.53. The molecule has 0 unspecified atom stereocenters. The number of halogens is 1. The molecule has 5 heteroatoms. The van der Waals surface area contributed by atoms with Crippen LogP contribution < -0.4 is 14.2 Å². The average molecular weight is 289 g/mol. The van der Waals surface area contributed by atoms with Crippen molar-refractivity contribution in [2.75, 3.05) is 14.2 Å². The maximum atomic E-state index is 11.1. The van der Waals surface area contributed by atoms with Crippen LogP contribution in [0, 0.1) is 0 Å². The Hall–Kier alpha value is -1.23. The fraction of sp³-hybridized carbons (Fsp3) is 0.364. The Morgan fingerprint density at radius 3 is 2.12 bits per heavy atom. The van der Waals surface area contributed by atoms with E-state index in [1.54, 1.807) is 19.1 Å². The average Bonchev–Trinajstić information content (AvgIpc) is 2.30. The zero-order chi connectivity index (χ0) is 12.1. The number of benzene rings is 1. The molecule has 0 spiro atoms. The summed E-state index contributed by atoms with van der Waals surface area (Å²) in [6.07, 6.45) is 0.320. The van der Waals surface area contributed by atoms with Gasteiger partial charge in [-0.05, 0) is 15.9 Å². The molecule has 0 bridgehead atoms. The third kappa shape index (κ3) is 2.88. The highest BCUT2D eigenvalue weighted by atomic mass is 79.9. The smallest absolute Gasteiger partial charge is 0.310 e. The van der Waals surface area contributed by atoms with Gasteiger partial charge in [0.15, 0.2) is 0 Å². The molecule has 0 aliphatic carbocycles. The molecule has 0 saturated carbocycles. The van der Waals surface area contributed by atoms with Crippen LogP contribution in [0.15, 0.2) is 16.6 Å². The van der Waals surface area contributed by atoms with Gasteiger partial charge in [-0.25, -0.2) is 0 Å². The molecular formula is C11H13BrO4. The lowest BCUT2D eigenvalue weighted by atomic mass is 10.3. The van der Waals surface area contributed by atoms with Crippen LogP contribution in [0.5, 0.6) is 17.2 Å². The number of methoxy groups -OCH3 is 2. The normalized spacial score (nSPS) is 9.75. The van der Waals surface area contributed by atoms with Gasteiger partial charge in [0.1, 0.15) is 21.7 Å². The Kier molecular flexibility index (Phi) is 4.61. The van der Waals surface area contributed by atoms with E-state index in [-0.39, 0.29) is 5.97 Å². The van der Waals surface area contributed by atoms with Crippen molar-refractivity contribution < 1.29 is 19.0 Å². The van der Waals surface area contributed by atoms with E-state index in [0.717, 1.165) is 0 Å². The maximum absolute atomic E-state index is 11.1. The van der Waals surface area contributed by atoms with Crippen LogP contribution >= 0.6 is 15.9 Å². The lowest BCUT2D eigenvalue weighted by Crippen LogP contribution is -2.06. The van der Waals surface area contributed by atoms with E-state index in [9.17, 15) is 4.79 Å². The molecule has 0 saturated heterocycles. The van der Waals surface area contributed by atoms with Crippen molar-refractivity contribution >= 4 is 21.9 Å². The van der Waals surface area contributed by atoms with Crippen LogP contribution in [-0.2, 0) is 4.79 Å². The summed E-state index contributed by atoms with van der Waals surface area (Å²) >= 11 is 3.33. The summed E-state index contributed by atoms with van der Waals surface area (Å²) in [6.45, 7) is 1.73. The predicted octanol–water partition coefficient (Wildman–Crippen LogP) is 2.78. The highest BCUT2D eigenvalue weighted by molar-refractivity contribution is 9.10. The van der Waals surface area contributed by atoms with E-state index in [4.69, 9.17) is 14.2 Å². The molecule has 4 nitrogen and oxygen atoms in total. The lowest BCUT2D eigenvalue weighted by molar-refractivity contribution is -0.134. The van der Waals surface area contributed by atoms with Gasteiger partial charge in [-0.3, -0.25) is 4.79 Å². The summed E-state index contributed by atoms with van der Waals surface area (Å²) in [5, 5.41) is 0. The Labute approximate surface area is 103 Å². The van der Waals surface area contributed by atoms with Crippen molar-refractivity contribution in [3.05, 3.63) is 16.6 Å². The third-order valence-electron chi connectivity index (χ3n) is 1.94. The number of ether oxygens (including phenoxy) is 3. The molecule has 0 radical (unpaired) electrons. The minimum absolute atomic E-state index is 0.300. The first-order chi connectivity index (χ1) is 7.62. The van der Waals surface area contributed by atoms with Crippen LogP contribution in [0.25, 0.3) is 0 Å². The molecule has 0 atom stereocenters. The quantitative estimate of drug-likeness (QED) is 0.631. The van der Waals surface area contributed by atoms with E-state index in [1.807, 2.05) is 0 Å². The van der Waals surface area contributed by atoms with Gasteiger partial charge in [0.25, 0.3) is 0 Å². The molecule has 1 aromatic carbocycles. The van der Waals surface area contributed by atoms with Gasteiger partial charge in [-0.15, -0.1) is 0 Å². The van der Waals surface area contributed by atoms with Gasteiger partial charge in [0.2, 0.25) is 0 Å². The number of hydrogen-bond acceptors (Lipinski definition) is 4. The van der Waals surface area contributed by atoms with Crippen LogP contribution in [0.2, 0.25) is 0 Å². The van der Waals surface area contributed by atoms with Gasteiger partial charge in [-0.2, -0.15) is 0 Å². The summed E-state index contributed by atoms with van der Waals surface area (Å²) in [5.74, 6) is 1.21. The Balaban J connectivity index is 3.06. The molecule has 0 aromatic heterocycles. The first-order valence-electron chi connectivity index (χ1n) is 4.74. The number of rotatable bonds is 4. The van der Waals surface area contributed by atoms with Crippen LogP contribution in [0.3, 0.4) is 0 Å². The van der Waals surface area contributed by atoms with Crippen molar-refractivity contribution in [3.8, 4) is 17.2 Å². The van der Waals surface area contributed by atoms with Gasteiger partial charge >= 0.3 is 5.97 Å². The van der Waals surface area contributed by atoms with Gasteiger partial charge in [0, 0.05) is 18.6 Å². The van der Waals surface area contributed by atoms with Crippen molar-refractivity contribution in [2.24, 2.45) is 0 Å². The Morgan fingerprint density at radius 2 is 1.75 bits per heavy atom. The van der Waals surface area contributed by atoms with E-state index in [1.165, 1.54) is 14.2 Å². The fourth-order valence-electron chi connectivity index (χ4n) is 1.11. The minimum Gasteiger partial charge on any atom is -0.495 e. The second-order valence-electron chi connectivity index (χ2n) is 2.97. The van der Waals surface area contributed by atoms with Crippen molar-refractivity contribution in [3.63, 3.8) is 0 Å². The van der Waals surface area contributed by atoms with E-state index >= 15 is 0 Å². The van der Waals surface area contributed by atoms with Gasteiger partial charge in [-0.1, -0.05) is 6.92 Å². The Morgan fingerprint density at radius 1 is 1.25 bits per heavy atom. The third-order valence-corrected chi connectivity index (χ3v) is 2.72. The second kappa shape index (κ2) is 5.75. The first kappa shape index (κ1) is 12.8. The lowest BCUT2D eigenvalue weighted by Gasteiger charge is -2.11. The number of hydrogen-bond donors (Lipinski definition) is 0. The van der Waals surface area contributed by atoms with Crippen LogP contribution in [-0.4, -0.2) is 20.2 Å². The van der Waals surface area contributed by atoms with E-state index < -0.39 is 0 Å². The second-order valence-corrected chi connectivity index (χ2v) is 3.76. The molecule has 1 rings (SSSR count). The maximum Gasteiger partial charge on any atom is 0.310 e. The van der Waals surface area contributed by atoms with Crippen molar-refractivity contribution in [1.82, 2.24) is 0 Å². The highest BCUT2D eigenvalue weighted by Gasteiger charge is 2.12. The molecular weight excluding hydrogens is 276 g/mol. The molecule has 0 heterocycles.